The van der Waals surface area contributed by atoms with E-state index in [4.69, 9.17) is 4.74 Å². The van der Waals surface area contributed by atoms with Gasteiger partial charge in [-0.05, 0) is 25.0 Å². The van der Waals surface area contributed by atoms with Crippen molar-refractivity contribution in [1.82, 2.24) is 5.32 Å². The van der Waals surface area contributed by atoms with Crippen molar-refractivity contribution in [2.24, 2.45) is 0 Å². The van der Waals surface area contributed by atoms with Gasteiger partial charge in [-0.3, -0.25) is 4.79 Å². The summed E-state index contributed by atoms with van der Waals surface area (Å²) >= 11 is 0. The van der Waals surface area contributed by atoms with E-state index in [1.807, 2.05) is 61.5 Å². The van der Waals surface area contributed by atoms with Gasteiger partial charge in [-0.25, -0.2) is 0 Å². The smallest absolute Gasteiger partial charge is 0.231 e. The normalized spacial score (nSPS) is 18.6. The second-order valence-electron chi connectivity index (χ2n) is 5.97. The number of hydrogen-bond donors (Lipinski definition) is 2. The van der Waals surface area contributed by atoms with Gasteiger partial charge in [0.2, 0.25) is 5.91 Å². The lowest BCUT2D eigenvalue weighted by molar-refractivity contribution is -0.123. The maximum atomic E-state index is 12.5. The summed E-state index contributed by atoms with van der Waals surface area (Å²) in [6.45, 7) is 2.28. The number of hydrogen-bond acceptors (Lipinski definition) is 3. The third-order valence-electron chi connectivity index (χ3n) is 4.17. The fraction of sp³-hybridized carbons (Fsp3) is 0.316. The number of aliphatic hydroxyl groups is 1. The Labute approximate surface area is 136 Å². The van der Waals surface area contributed by atoms with E-state index in [1.54, 1.807) is 0 Å². The zero-order valence-electron chi connectivity index (χ0n) is 13.1. The molecule has 0 aromatic heterocycles. The van der Waals surface area contributed by atoms with E-state index >= 15 is 0 Å². The van der Waals surface area contributed by atoms with E-state index in [9.17, 15) is 9.90 Å². The number of para-hydroxylation sites is 1. The minimum atomic E-state index is -0.585. The second kappa shape index (κ2) is 6.84. The fourth-order valence-corrected chi connectivity index (χ4v) is 2.93. The molecule has 2 aromatic carbocycles. The largest absolute Gasteiger partial charge is 0.492 e. The monoisotopic (exact) mass is 311 g/mol. The molecule has 0 radical (unpaired) electrons. The molecule has 1 amide bonds. The van der Waals surface area contributed by atoms with Crippen LogP contribution in [0.4, 0.5) is 0 Å². The number of aliphatic hydroxyl groups excluding tert-OH is 1. The third-order valence-corrected chi connectivity index (χ3v) is 4.17. The van der Waals surface area contributed by atoms with Crippen LogP contribution in [0.15, 0.2) is 54.6 Å². The van der Waals surface area contributed by atoms with Gasteiger partial charge in [0.25, 0.3) is 0 Å². The number of fused-ring (bicyclic) bond motifs is 1. The summed E-state index contributed by atoms with van der Waals surface area (Å²) < 4.78 is 5.55. The first kappa shape index (κ1) is 15.6. The molecule has 4 heteroatoms. The Morgan fingerprint density at radius 3 is 2.70 bits per heavy atom. The topological polar surface area (TPSA) is 58.6 Å². The van der Waals surface area contributed by atoms with Crippen molar-refractivity contribution in [1.29, 1.82) is 0 Å². The molecule has 0 unspecified atom stereocenters. The van der Waals surface area contributed by atoms with Crippen LogP contribution in [0.1, 0.15) is 36.5 Å². The predicted octanol–water partition coefficient (Wildman–Crippen LogP) is 2.79. The lowest BCUT2D eigenvalue weighted by Gasteiger charge is -2.20. The molecule has 4 nitrogen and oxygen atoms in total. The van der Waals surface area contributed by atoms with Crippen LogP contribution < -0.4 is 10.1 Å². The number of carbonyl (C=O) groups is 1. The van der Waals surface area contributed by atoms with Crippen LogP contribution >= 0.6 is 0 Å². The van der Waals surface area contributed by atoms with Gasteiger partial charge in [-0.2, -0.15) is 0 Å². The molecule has 2 N–H and O–H groups in total. The first-order valence-corrected chi connectivity index (χ1v) is 7.90. The van der Waals surface area contributed by atoms with Gasteiger partial charge in [0.15, 0.2) is 0 Å². The van der Waals surface area contributed by atoms with Crippen molar-refractivity contribution in [3.05, 3.63) is 65.7 Å². The Bertz CT molecular complexity index is 671. The van der Waals surface area contributed by atoms with Crippen molar-refractivity contribution in [3.63, 3.8) is 0 Å². The van der Waals surface area contributed by atoms with Crippen molar-refractivity contribution >= 4 is 5.91 Å². The summed E-state index contributed by atoms with van der Waals surface area (Å²) in [6.07, 6.45) is -0.107. The number of rotatable bonds is 5. The lowest BCUT2D eigenvalue weighted by atomic mass is 9.99. The molecule has 0 bridgehead atoms. The van der Waals surface area contributed by atoms with Gasteiger partial charge in [-0.1, -0.05) is 48.5 Å². The molecule has 3 atom stereocenters. The van der Waals surface area contributed by atoms with Crippen LogP contribution in [-0.2, 0) is 4.79 Å². The number of amides is 1. The van der Waals surface area contributed by atoms with Crippen molar-refractivity contribution in [2.45, 2.75) is 31.4 Å². The van der Waals surface area contributed by atoms with Crippen molar-refractivity contribution in [2.75, 3.05) is 6.61 Å². The molecule has 0 saturated carbocycles. The van der Waals surface area contributed by atoms with Gasteiger partial charge < -0.3 is 15.2 Å². The van der Waals surface area contributed by atoms with Crippen LogP contribution in [0, 0.1) is 0 Å². The predicted molar refractivity (Wildman–Crippen MR) is 88.3 cm³/mol. The summed E-state index contributed by atoms with van der Waals surface area (Å²) in [7, 11) is 0. The van der Waals surface area contributed by atoms with Gasteiger partial charge in [0.05, 0.1) is 6.10 Å². The summed E-state index contributed by atoms with van der Waals surface area (Å²) in [5.74, 6) is 0.454. The molecule has 2 aromatic rings. The van der Waals surface area contributed by atoms with Crippen LogP contribution in [0.3, 0.4) is 0 Å². The summed E-state index contributed by atoms with van der Waals surface area (Å²) in [5.41, 5.74) is 1.80. The van der Waals surface area contributed by atoms with Crippen LogP contribution in [-0.4, -0.2) is 23.7 Å². The molecule has 1 aliphatic heterocycles. The van der Waals surface area contributed by atoms with Gasteiger partial charge >= 0.3 is 0 Å². The van der Waals surface area contributed by atoms with Gasteiger partial charge in [0, 0.05) is 11.6 Å². The van der Waals surface area contributed by atoms with Crippen molar-refractivity contribution < 1.29 is 14.6 Å². The maximum absolute atomic E-state index is 12.5. The fourth-order valence-electron chi connectivity index (χ4n) is 2.93. The number of benzene rings is 2. The Hall–Kier alpha value is -2.33. The molecular weight excluding hydrogens is 290 g/mol. The minimum absolute atomic E-state index is 0.0530. The Morgan fingerprint density at radius 2 is 1.91 bits per heavy atom. The highest BCUT2D eigenvalue weighted by atomic mass is 16.5. The Balaban J connectivity index is 1.58. The molecule has 120 valence electrons. The average Bonchev–Trinajstić information content (AvgIpc) is 2.99. The molecule has 1 aliphatic rings. The highest BCUT2D eigenvalue weighted by Crippen LogP contribution is 2.33. The molecule has 0 aliphatic carbocycles. The van der Waals surface area contributed by atoms with E-state index in [0.717, 1.165) is 16.9 Å². The third kappa shape index (κ3) is 3.54. The highest BCUT2D eigenvalue weighted by molar-refractivity contribution is 5.85. The van der Waals surface area contributed by atoms with E-state index in [0.29, 0.717) is 13.0 Å². The first-order chi connectivity index (χ1) is 11.1. The van der Waals surface area contributed by atoms with Crippen molar-refractivity contribution in [3.8, 4) is 5.75 Å². The second-order valence-corrected chi connectivity index (χ2v) is 5.97. The molecule has 0 spiro atoms. The zero-order chi connectivity index (χ0) is 16.2. The Kier molecular flexibility index (Phi) is 4.63. The Morgan fingerprint density at radius 1 is 1.22 bits per heavy atom. The van der Waals surface area contributed by atoms with Crippen LogP contribution in [0.2, 0.25) is 0 Å². The average molecular weight is 311 g/mol. The van der Waals surface area contributed by atoms with E-state index < -0.39 is 6.10 Å². The molecule has 3 rings (SSSR count). The SMILES string of the molecule is C[C@H](C[C@H](O)c1ccccc1)NC(=O)[C@H]1COc2ccccc21. The van der Waals surface area contributed by atoms with E-state index in [1.165, 1.54) is 0 Å². The summed E-state index contributed by atoms with van der Waals surface area (Å²) in [5, 5.41) is 13.2. The minimum Gasteiger partial charge on any atom is -0.492 e. The molecule has 23 heavy (non-hydrogen) atoms. The van der Waals surface area contributed by atoms with Gasteiger partial charge in [-0.15, -0.1) is 0 Å². The van der Waals surface area contributed by atoms with Gasteiger partial charge in [0.1, 0.15) is 18.3 Å². The van der Waals surface area contributed by atoms with Crippen LogP contribution in [0.5, 0.6) is 5.75 Å². The summed E-state index contributed by atoms with van der Waals surface area (Å²) in [6, 6.07) is 17.0. The maximum Gasteiger partial charge on any atom is 0.231 e. The van der Waals surface area contributed by atoms with Crippen LogP contribution in [0.25, 0.3) is 0 Å². The molecule has 1 heterocycles. The molecular formula is C19H21NO3. The quantitative estimate of drug-likeness (QED) is 0.892. The molecule has 0 saturated heterocycles. The zero-order valence-corrected chi connectivity index (χ0v) is 13.1. The van der Waals surface area contributed by atoms with E-state index in [2.05, 4.69) is 5.32 Å². The number of carbonyl (C=O) groups excluding carboxylic acids is 1. The molecule has 0 fully saturated rings. The lowest BCUT2D eigenvalue weighted by Crippen LogP contribution is -2.37. The number of ether oxygens (including phenoxy) is 1. The standard InChI is InChI=1S/C19H21NO3/c1-13(11-17(21)14-7-3-2-4-8-14)20-19(22)16-12-23-18-10-6-5-9-15(16)18/h2-10,13,16-17,21H,11-12H2,1H3,(H,20,22)/t13-,16+,17+/m1/s1. The van der Waals surface area contributed by atoms with E-state index in [-0.39, 0.29) is 17.9 Å². The first-order valence-electron chi connectivity index (χ1n) is 7.90. The number of nitrogens with one attached hydrogen (secondary N) is 1. The summed E-state index contributed by atoms with van der Waals surface area (Å²) in [4.78, 5) is 12.5. The highest BCUT2D eigenvalue weighted by Gasteiger charge is 2.30.